The molecule has 5 heteroatoms. The SMILES string of the molecule is COCC1(C)NC(C)(C)C(=O)NC1=O. The molecule has 1 fully saturated rings. The molecule has 0 aromatic heterocycles. The Kier molecular flexibility index (Phi) is 2.65. The van der Waals surface area contributed by atoms with E-state index in [4.69, 9.17) is 4.74 Å². The van der Waals surface area contributed by atoms with Crippen LogP contribution in [0.5, 0.6) is 0 Å². The number of piperazine rings is 1. The fourth-order valence-electron chi connectivity index (χ4n) is 1.59. The summed E-state index contributed by atoms with van der Waals surface area (Å²) in [6, 6.07) is 0. The van der Waals surface area contributed by atoms with Crippen LogP contribution >= 0.6 is 0 Å². The Hall–Kier alpha value is -0.940. The molecule has 1 atom stereocenters. The van der Waals surface area contributed by atoms with Crippen molar-refractivity contribution < 1.29 is 14.3 Å². The molecule has 1 heterocycles. The van der Waals surface area contributed by atoms with Gasteiger partial charge in [-0.2, -0.15) is 0 Å². The van der Waals surface area contributed by atoms with Gasteiger partial charge in [0, 0.05) is 7.11 Å². The first-order valence-corrected chi connectivity index (χ1v) is 4.46. The van der Waals surface area contributed by atoms with Crippen molar-refractivity contribution in [1.82, 2.24) is 10.6 Å². The molecule has 0 spiro atoms. The van der Waals surface area contributed by atoms with Gasteiger partial charge in [-0.3, -0.25) is 20.2 Å². The summed E-state index contributed by atoms with van der Waals surface area (Å²) in [7, 11) is 1.52. The first kappa shape index (κ1) is 11.1. The third-order valence-corrected chi connectivity index (χ3v) is 2.32. The van der Waals surface area contributed by atoms with E-state index in [9.17, 15) is 9.59 Å². The minimum Gasteiger partial charge on any atom is -0.382 e. The van der Waals surface area contributed by atoms with Gasteiger partial charge in [-0.25, -0.2) is 0 Å². The molecule has 0 bridgehead atoms. The van der Waals surface area contributed by atoms with Gasteiger partial charge in [-0.1, -0.05) is 0 Å². The van der Waals surface area contributed by atoms with Gasteiger partial charge in [0.1, 0.15) is 5.54 Å². The van der Waals surface area contributed by atoms with Crippen molar-refractivity contribution >= 4 is 11.8 Å². The Morgan fingerprint density at radius 2 is 1.79 bits per heavy atom. The molecule has 0 saturated carbocycles. The Bertz CT molecular complexity index is 275. The summed E-state index contributed by atoms with van der Waals surface area (Å²) in [5.74, 6) is -0.653. The molecule has 1 aliphatic heterocycles. The predicted molar refractivity (Wildman–Crippen MR) is 50.6 cm³/mol. The highest BCUT2D eigenvalue weighted by Gasteiger charge is 2.47. The number of carbonyl (C=O) groups is 2. The quantitative estimate of drug-likeness (QED) is 0.585. The average Bonchev–Trinajstić information content (AvgIpc) is 2.01. The molecular formula is C9H16N2O3. The van der Waals surface area contributed by atoms with Crippen molar-refractivity contribution in [3.8, 4) is 0 Å². The molecule has 1 saturated heterocycles. The summed E-state index contributed by atoms with van der Waals surface area (Å²) in [5.41, 5.74) is -1.59. The fraction of sp³-hybridized carbons (Fsp3) is 0.778. The largest absolute Gasteiger partial charge is 0.382 e. The van der Waals surface area contributed by atoms with Crippen molar-refractivity contribution in [2.24, 2.45) is 0 Å². The lowest BCUT2D eigenvalue weighted by atomic mass is 9.90. The first-order chi connectivity index (χ1) is 6.32. The lowest BCUT2D eigenvalue weighted by Gasteiger charge is -2.41. The highest BCUT2D eigenvalue weighted by Crippen LogP contribution is 2.17. The van der Waals surface area contributed by atoms with E-state index >= 15 is 0 Å². The van der Waals surface area contributed by atoms with E-state index in [0.29, 0.717) is 0 Å². The van der Waals surface area contributed by atoms with Crippen molar-refractivity contribution in [2.45, 2.75) is 31.8 Å². The maximum atomic E-state index is 11.5. The monoisotopic (exact) mass is 200 g/mol. The van der Waals surface area contributed by atoms with Crippen LogP contribution in [0.25, 0.3) is 0 Å². The summed E-state index contributed by atoms with van der Waals surface area (Å²) in [4.78, 5) is 22.9. The maximum Gasteiger partial charge on any atom is 0.249 e. The summed E-state index contributed by atoms with van der Waals surface area (Å²) >= 11 is 0. The number of amides is 2. The number of rotatable bonds is 2. The average molecular weight is 200 g/mol. The van der Waals surface area contributed by atoms with Crippen LogP contribution in [0.3, 0.4) is 0 Å². The molecule has 0 aliphatic carbocycles. The highest BCUT2D eigenvalue weighted by molar-refractivity contribution is 6.06. The summed E-state index contributed by atoms with van der Waals surface area (Å²) < 4.78 is 4.95. The molecule has 0 aromatic rings. The van der Waals surface area contributed by atoms with Crippen LogP contribution in [0, 0.1) is 0 Å². The van der Waals surface area contributed by atoms with E-state index in [-0.39, 0.29) is 18.4 Å². The summed E-state index contributed by atoms with van der Waals surface area (Å²) in [5, 5.41) is 5.31. The second-order valence-electron chi connectivity index (χ2n) is 4.30. The van der Waals surface area contributed by atoms with E-state index in [1.807, 2.05) is 0 Å². The molecule has 2 amide bonds. The topological polar surface area (TPSA) is 67.4 Å². The van der Waals surface area contributed by atoms with E-state index in [1.54, 1.807) is 20.8 Å². The van der Waals surface area contributed by atoms with Gasteiger partial charge in [0.05, 0.1) is 12.1 Å². The van der Waals surface area contributed by atoms with Gasteiger partial charge in [-0.05, 0) is 20.8 Å². The van der Waals surface area contributed by atoms with Crippen molar-refractivity contribution in [3.05, 3.63) is 0 Å². The normalized spacial score (nSPS) is 31.4. The van der Waals surface area contributed by atoms with Crippen molar-refractivity contribution in [2.75, 3.05) is 13.7 Å². The van der Waals surface area contributed by atoms with Crippen LogP contribution in [-0.2, 0) is 14.3 Å². The minimum atomic E-state index is -0.841. The van der Waals surface area contributed by atoms with Gasteiger partial charge < -0.3 is 4.74 Å². The maximum absolute atomic E-state index is 11.5. The molecule has 14 heavy (non-hydrogen) atoms. The molecular weight excluding hydrogens is 184 g/mol. The first-order valence-electron chi connectivity index (χ1n) is 4.46. The standard InChI is InChI=1S/C9H16N2O3/c1-8(2)6(12)10-7(13)9(3,11-8)5-14-4/h11H,5H2,1-4H3,(H,10,12,13). The zero-order valence-corrected chi connectivity index (χ0v) is 8.93. The van der Waals surface area contributed by atoms with Gasteiger partial charge in [0.2, 0.25) is 11.8 Å². The Balaban J connectivity index is 2.90. The van der Waals surface area contributed by atoms with E-state index in [0.717, 1.165) is 0 Å². The Labute approximate surface area is 83.2 Å². The van der Waals surface area contributed by atoms with Gasteiger partial charge in [0.15, 0.2) is 0 Å². The van der Waals surface area contributed by atoms with Crippen LogP contribution in [0.2, 0.25) is 0 Å². The van der Waals surface area contributed by atoms with Gasteiger partial charge >= 0.3 is 0 Å². The molecule has 0 aromatic carbocycles. The third-order valence-electron chi connectivity index (χ3n) is 2.32. The molecule has 1 unspecified atom stereocenters. The summed E-state index contributed by atoms with van der Waals surface area (Å²) in [6.45, 7) is 5.39. The lowest BCUT2D eigenvalue weighted by molar-refractivity contribution is -0.145. The minimum absolute atomic E-state index is 0.232. The van der Waals surface area contributed by atoms with Gasteiger partial charge in [0.25, 0.3) is 0 Å². The Morgan fingerprint density at radius 3 is 2.29 bits per heavy atom. The Morgan fingerprint density at radius 1 is 1.21 bits per heavy atom. The van der Waals surface area contributed by atoms with Gasteiger partial charge in [-0.15, -0.1) is 0 Å². The van der Waals surface area contributed by atoms with Crippen LogP contribution in [0.15, 0.2) is 0 Å². The van der Waals surface area contributed by atoms with Crippen molar-refractivity contribution in [3.63, 3.8) is 0 Å². The lowest BCUT2D eigenvalue weighted by Crippen LogP contribution is -2.74. The second kappa shape index (κ2) is 3.33. The molecule has 80 valence electrons. The zero-order chi connectivity index (χ0) is 11.0. The second-order valence-corrected chi connectivity index (χ2v) is 4.30. The number of ether oxygens (including phenoxy) is 1. The summed E-state index contributed by atoms with van der Waals surface area (Å²) in [6.07, 6.45) is 0. The molecule has 5 nitrogen and oxygen atoms in total. The number of methoxy groups -OCH3 is 1. The molecule has 0 radical (unpaired) electrons. The van der Waals surface area contributed by atoms with Crippen LogP contribution in [0.4, 0.5) is 0 Å². The van der Waals surface area contributed by atoms with E-state index in [1.165, 1.54) is 7.11 Å². The van der Waals surface area contributed by atoms with Crippen LogP contribution in [0.1, 0.15) is 20.8 Å². The number of hydrogen-bond donors (Lipinski definition) is 2. The number of carbonyl (C=O) groups excluding carboxylic acids is 2. The number of nitrogens with one attached hydrogen (secondary N) is 2. The fourth-order valence-corrected chi connectivity index (χ4v) is 1.59. The highest BCUT2D eigenvalue weighted by atomic mass is 16.5. The zero-order valence-electron chi connectivity index (χ0n) is 8.93. The van der Waals surface area contributed by atoms with Crippen LogP contribution in [-0.4, -0.2) is 36.6 Å². The van der Waals surface area contributed by atoms with Crippen molar-refractivity contribution in [1.29, 1.82) is 0 Å². The molecule has 2 N–H and O–H groups in total. The van der Waals surface area contributed by atoms with E-state index in [2.05, 4.69) is 10.6 Å². The number of imide groups is 1. The number of hydrogen-bond acceptors (Lipinski definition) is 4. The molecule has 1 rings (SSSR count). The smallest absolute Gasteiger partial charge is 0.249 e. The molecule has 1 aliphatic rings. The van der Waals surface area contributed by atoms with E-state index < -0.39 is 11.1 Å². The predicted octanol–water partition coefficient (Wildman–Crippen LogP) is -0.584. The third kappa shape index (κ3) is 1.78. The van der Waals surface area contributed by atoms with Crippen LogP contribution < -0.4 is 10.6 Å².